The molecule has 1 amide bonds. The van der Waals surface area contributed by atoms with Gasteiger partial charge in [-0.15, -0.1) is 11.3 Å². The lowest BCUT2D eigenvalue weighted by Gasteiger charge is -2.09. The third-order valence-electron chi connectivity index (χ3n) is 3.49. The summed E-state index contributed by atoms with van der Waals surface area (Å²) < 4.78 is 24.0. The van der Waals surface area contributed by atoms with Crippen LogP contribution in [-0.2, 0) is 9.53 Å². The van der Waals surface area contributed by atoms with Crippen LogP contribution >= 0.6 is 22.9 Å². The Labute approximate surface area is 157 Å². The van der Waals surface area contributed by atoms with Crippen LogP contribution < -0.4 is 10.1 Å². The first kappa shape index (κ1) is 18.2. The summed E-state index contributed by atoms with van der Waals surface area (Å²) in [6, 6.07) is 10.9. The van der Waals surface area contributed by atoms with E-state index in [1.165, 1.54) is 25.3 Å². The summed E-state index contributed by atoms with van der Waals surface area (Å²) in [6.45, 7) is -0.490. The smallest absolute Gasteiger partial charge is 0.350 e. The van der Waals surface area contributed by atoms with Gasteiger partial charge in [0.2, 0.25) is 0 Å². The van der Waals surface area contributed by atoms with Crippen LogP contribution in [0.3, 0.4) is 0 Å². The van der Waals surface area contributed by atoms with Crippen LogP contribution in [0.1, 0.15) is 9.67 Å². The molecule has 2 aromatic carbocycles. The summed E-state index contributed by atoms with van der Waals surface area (Å²) in [4.78, 5) is 24.3. The van der Waals surface area contributed by atoms with Gasteiger partial charge in [0.05, 0.1) is 17.8 Å². The highest BCUT2D eigenvalue weighted by molar-refractivity contribution is 7.21. The monoisotopic (exact) mass is 393 g/mol. The fourth-order valence-corrected chi connectivity index (χ4v) is 3.73. The molecule has 0 fully saturated rings. The molecule has 0 saturated heterocycles. The topological polar surface area (TPSA) is 64.6 Å². The SMILES string of the molecule is COc1ccccc1NC(=O)COC(=O)c1sc2cc(F)ccc2c1Cl. The minimum Gasteiger partial charge on any atom is -0.495 e. The van der Waals surface area contributed by atoms with Gasteiger partial charge >= 0.3 is 5.97 Å². The first-order chi connectivity index (χ1) is 12.5. The van der Waals surface area contributed by atoms with E-state index in [2.05, 4.69) is 5.32 Å². The molecule has 1 aromatic heterocycles. The number of amides is 1. The minimum absolute atomic E-state index is 0.123. The first-order valence-corrected chi connectivity index (χ1v) is 8.66. The van der Waals surface area contributed by atoms with Gasteiger partial charge in [0, 0.05) is 10.1 Å². The molecular formula is C18H13ClFNO4S. The maximum Gasteiger partial charge on any atom is 0.350 e. The Morgan fingerprint density at radius 3 is 2.77 bits per heavy atom. The molecule has 134 valence electrons. The van der Waals surface area contributed by atoms with Gasteiger partial charge in [-0.2, -0.15) is 0 Å². The summed E-state index contributed by atoms with van der Waals surface area (Å²) in [5.74, 6) is -1.20. The highest BCUT2D eigenvalue weighted by atomic mass is 35.5. The largest absolute Gasteiger partial charge is 0.495 e. The van der Waals surface area contributed by atoms with E-state index >= 15 is 0 Å². The molecule has 5 nitrogen and oxygen atoms in total. The molecular weight excluding hydrogens is 381 g/mol. The Morgan fingerprint density at radius 2 is 2.00 bits per heavy atom. The number of carbonyl (C=O) groups excluding carboxylic acids is 2. The lowest BCUT2D eigenvalue weighted by Crippen LogP contribution is -2.21. The molecule has 0 saturated carbocycles. The summed E-state index contributed by atoms with van der Waals surface area (Å²) >= 11 is 7.17. The number of hydrogen-bond acceptors (Lipinski definition) is 5. The third-order valence-corrected chi connectivity index (χ3v) is 5.13. The van der Waals surface area contributed by atoms with Gasteiger partial charge in [-0.25, -0.2) is 9.18 Å². The maximum atomic E-state index is 13.3. The zero-order valence-corrected chi connectivity index (χ0v) is 15.1. The number of para-hydroxylation sites is 2. The van der Waals surface area contributed by atoms with Crippen molar-refractivity contribution in [3.8, 4) is 5.75 Å². The summed E-state index contributed by atoms with van der Waals surface area (Å²) in [5.41, 5.74) is 0.464. The van der Waals surface area contributed by atoms with E-state index in [1.54, 1.807) is 24.3 Å². The Kier molecular flexibility index (Phi) is 5.39. The summed E-state index contributed by atoms with van der Waals surface area (Å²) in [7, 11) is 1.48. The van der Waals surface area contributed by atoms with Crippen molar-refractivity contribution in [3.05, 3.63) is 58.2 Å². The van der Waals surface area contributed by atoms with E-state index in [1.807, 2.05) is 0 Å². The molecule has 0 aliphatic heterocycles. The van der Waals surface area contributed by atoms with E-state index in [0.29, 0.717) is 21.5 Å². The highest BCUT2D eigenvalue weighted by Crippen LogP contribution is 2.36. The second kappa shape index (κ2) is 7.72. The molecule has 0 atom stereocenters. The van der Waals surface area contributed by atoms with Crippen LogP contribution in [0, 0.1) is 5.82 Å². The number of anilines is 1. The Balaban J connectivity index is 1.67. The lowest BCUT2D eigenvalue weighted by atomic mass is 10.2. The molecule has 0 unspecified atom stereocenters. The summed E-state index contributed by atoms with van der Waals surface area (Å²) in [6.07, 6.45) is 0. The zero-order valence-electron chi connectivity index (χ0n) is 13.5. The van der Waals surface area contributed by atoms with Gasteiger partial charge in [-0.3, -0.25) is 4.79 Å². The number of ether oxygens (including phenoxy) is 2. The number of halogens is 2. The number of rotatable bonds is 5. The van der Waals surface area contributed by atoms with Crippen molar-refractivity contribution in [2.45, 2.75) is 0 Å². The van der Waals surface area contributed by atoms with Crippen LogP contribution in [0.4, 0.5) is 10.1 Å². The number of fused-ring (bicyclic) bond motifs is 1. The number of carbonyl (C=O) groups is 2. The molecule has 0 radical (unpaired) electrons. The second-order valence-corrected chi connectivity index (χ2v) is 6.64. The molecule has 8 heteroatoms. The average molecular weight is 394 g/mol. The van der Waals surface area contributed by atoms with Crippen molar-refractivity contribution in [2.75, 3.05) is 19.0 Å². The van der Waals surface area contributed by atoms with E-state index in [-0.39, 0.29) is 9.90 Å². The van der Waals surface area contributed by atoms with E-state index < -0.39 is 24.3 Å². The summed E-state index contributed by atoms with van der Waals surface area (Å²) in [5, 5.41) is 3.34. The van der Waals surface area contributed by atoms with Gasteiger partial charge in [0.1, 0.15) is 16.4 Å². The Morgan fingerprint density at radius 1 is 1.23 bits per heavy atom. The van der Waals surface area contributed by atoms with E-state index in [9.17, 15) is 14.0 Å². The fourth-order valence-electron chi connectivity index (χ4n) is 2.30. The van der Waals surface area contributed by atoms with Gasteiger partial charge in [-0.1, -0.05) is 23.7 Å². The first-order valence-electron chi connectivity index (χ1n) is 7.47. The van der Waals surface area contributed by atoms with Gasteiger partial charge < -0.3 is 14.8 Å². The fraction of sp³-hybridized carbons (Fsp3) is 0.111. The van der Waals surface area contributed by atoms with Gasteiger partial charge in [0.25, 0.3) is 5.91 Å². The van der Waals surface area contributed by atoms with Crippen molar-refractivity contribution in [2.24, 2.45) is 0 Å². The second-order valence-electron chi connectivity index (χ2n) is 5.21. The number of thiophene rings is 1. The van der Waals surface area contributed by atoms with Crippen LogP contribution in [-0.4, -0.2) is 25.6 Å². The Bertz CT molecular complexity index is 988. The molecule has 0 aliphatic rings. The third kappa shape index (κ3) is 3.79. The predicted molar refractivity (Wildman–Crippen MR) is 98.7 cm³/mol. The van der Waals surface area contributed by atoms with Crippen LogP contribution in [0.5, 0.6) is 5.75 Å². The van der Waals surface area contributed by atoms with Crippen molar-refractivity contribution in [1.82, 2.24) is 0 Å². The molecule has 3 rings (SSSR count). The van der Waals surface area contributed by atoms with E-state index in [4.69, 9.17) is 21.1 Å². The number of esters is 1. The van der Waals surface area contributed by atoms with Crippen molar-refractivity contribution >= 4 is 50.6 Å². The normalized spacial score (nSPS) is 10.6. The van der Waals surface area contributed by atoms with Gasteiger partial charge in [0.15, 0.2) is 6.61 Å². The molecule has 0 bridgehead atoms. The predicted octanol–water partition coefficient (Wildman–Crippen LogP) is 4.50. The minimum atomic E-state index is -0.744. The molecule has 0 spiro atoms. The molecule has 3 aromatic rings. The number of nitrogens with one attached hydrogen (secondary N) is 1. The van der Waals surface area contributed by atoms with Crippen molar-refractivity contribution in [1.29, 1.82) is 0 Å². The lowest BCUT2D eigenvalue weighted by molar-refractivity contribution is -0.119. The molecule has 1 N–H and O–H groups in total. The quantitative estimate of drug-likeness (QED) is 0.648. The maximum absolute atomic E-state index is 13.3. The molecule has 0 aliphatic carbocycles. The van der Waals surface area contributed by atoms with E-state index in [0.717, 1.165) is 11.3 Å². The molecule has 26 heavy (non-hydrogen) atoms. The highest BCUT2D eigenvalue weighted by Gasteiger charge is 2.20. The van der Waals surface area contributed by atoms with Crippen LogP contribution in [0.25, 0.3) is 10.1 Å². The molecule has 1 heterocycles. The zero-order chi connectivity index (χ0) is 18.7. The number of hydrogen-bond donors (Lipinski definition) is 1. The number of benzene rings is 2. The van der Waals surface area contributed by atoms with Crippen molar-refractivity contribution < 1.29 is 23.5 Å². The van der Waals surface area contributed by atoms with Crippen molar-refractivity contribution in [3.63, 3.8) is 0 Å². The Hall–Kier alpha value is -2.64. The van der Waals surface area contributed by atoms with Crippen LogP contribution in [0.2, 0.25) is 5.02 Å². The average Bonchev–Trinajstić information content (AvgIpc) is 2.96. The standard InChI is InChI=1S/C18H13ClFNO4S/c1-24-13-5-3-2-4-12(13)21-15(22)9-25-18(23)17-16(19)11-7-6-10(20)8-14(11)26-17/h2-8H,9H2,1H3,(H,21,22). The number of methoxy groups -OCH3 is 1. The van der Waals surface area contributed by atoms with Gasteiger partial charge in [-0.05, 0) is 30.3 Å². The van der Waals surface area contributed by atoms with Crippen LogP contribution in [0.15, 0.2) is 42.5 Å².